The summed E-state index contributed by atoms with van der Waals surface area (Å²) in [5.74, 6) is 0. The highest BCUT2D eigenvalue weighted by molar-refractivity contribution is 7.99. The second-order valence-corrected chi connectivity index (χ2v) is 5.12. The van der Waals surface area contributed by atoms with E-state index >= 15 is 0 Å². The molecule has 0 aliphatic carbocycles. The van der Waals surface area contributed by atoms with Crippen molar-refractivity contribution in [1.82, 2.24) is 25.3 Å². The van der Waals surface area contributed by atoms with E-state index in [1.54, 1.807) is 19.5 Å². The molecular formula is C13H17N5OS. The average Bonchev–Trinajstić information content (AvgIpc) is 2.48. The molecule has 6 nitrogen and oxygen atoms in total. The lowest BCUT2D eigenvalue weighted by Gasteiger charge is -2.04. The molecule has 0 aliphatic rings. The highest BCUT2D eigenvalue weighted by Gasteiger charge is 2.03. The maximum Gasteiger partial charge on any atom is 0.195 e. The minimum absolute atomic E-state index is 0.648. The number of nitrogens with zero attached hydrogens (tertiary/aromatic N) is 4. The van der Waals surface area contributed by atoms with Crippen molar-refractivity contribution in [2.45, 2.75) is 23.8 Å². The number of hydrogen-bond acceptors (Lipinski definition) is 7. The number of aromatic nitrogens is 4. The van der Waals surface area contributed by atoms with Gasteiger partial charge in [-0.25, -0.2) is 19.9 Å². The topological polar surface area (TPSA) is 72.8 Å². The lowest BCUT2D eigenvalue weighted by Crippen LogP contribution is -2.18. The molecule has 2 aromatic heterocycles. The Labute approximate surface area is 122 Å². The molecule has 0 spiro atoms. The molecule has 2 aromatic rings. The molecule has 0 aromatic carbocycles. The van der Waals surface area contributed by atoms with Gasteiger partial charge in [-0.1, -0.05) is 0 Å². The maximum absolute atomic E-state index is 4.96. The van der Waals surface area contributed by atoms with Crippen LogP contribution in [0.25, 0.3) is 0 Å². The number of hydrogen-bond donors (Lipinski definition) is 1. The Kier molecular flexibility index (Phi) is 5.85. The van der Waals surface area contributed by atoms with Crippen LogP contribution in [0.15, 0.2) is 35.1 Å². The molecule has 1 N–H and O–H groups in total. The first-order valence-corrected chi connectivity index (χ1v) is 7.06. The normalized spacial score (nSPS) is 10.7. The van der Waals surface area contributed by atoms with Crippen molar-refractivity contribution in [3.8, 4) is 0 Å². The van der Waals surface area contributed by atoms with Crippen molar-refractivity contribution in [2.75, 3.05) is 20.3 Å². The van der Waals surface area contributed by atoms with Gasteiger partial charge in [0.2, 0.25) is 0 Å². The second kappa shape index (κ2) is 7.88. The third-order valence-electron chi connectivity index (χ3n) is 2.43. The van der Waals surface area contributed by atoms with E-state index in [0.29, 0.717) is 16.9 Å². The van der Waals surface area contributed by atoms with E-state index in [1.807, 2.05) is 19.3 Å². The maximum atomic E-state index is 4.96. The summed E-state index contributed by atoms with van der Waals surface area (Å²) in [6.07, 6.45) is 7.18. The number of ether oxygens (including phenoxy) is 1. The van der Waals surface area contributed by atoms with Gasteiger partial charge in [-0.05, 0) is 24.2 Å². The minimum atomic E-state index is 0.648. The molecule has 0 saturated carbocycles. The van der Waals surface area contributed by atoms with E-state index in [1.165, 1.54) is 11.8 Å². The molecule has 20 heavy (non-hydrogen) atoms. The van der Waals surface area contributed by atoms with Crippen LogP contribution in [0.1, 0.15) is 11.1 Å². The first-order valence-electron chi connectivity index (χ1n) is 6.25. The number of nitrogens with one attached hydrogen (secondary N) is 1. The van der Waals surface area contributed by atoms with Crippen LogP contribution in [-0.2, 0) is 11.3 Å². The fourth-order valence-electron chi connectivity index (χ4n) is 1.41. The summed E-state index contributed by atoms with van der Waals surface area (Å²) in [6, 6.07) is 0. The summed E-state index contributed by atoms with van der Waals surface area (Å²) in [5.41, 5.74) is 2.07. The first kappa shape index (κ1) is 14.8. The molecule has 0 atom stereocenters. The quantitative estimate of drug-likeness (QED) is 0.611. The second-order valence-electron chi connectivity index (χ2n) is 4.19. The fraction of sp³-hybridized carbons (Fsp3) is 0.385. The summed E-state index contributed by atoms with van der Waals surface area (Å²) >= 11 is 1.35. The van der Waals surface area contributed by atoms with Gasteiger partial charge in [-0.3, -0.25) is 0 Å². The third-order valence-corrected chi connectivity index (χ3v) is 3.22. The van der Waals surface area contributed by atoms with E-state index < -0.39 is 0 Å². The van der Waals surface area contributed by atoms with Crippen LogP contribution in [0.4, 0.5) is 0 Å². The SMILES string of the molecule is COCCNCc1cnc(Sc2ncc(C)cn2)nc1. The Morgan fingerprint density at radius 3 is 2.25 bits per heavy atom. The molecule has 0 unspecified atom stereocenters. The minimum Gasteiger partial charge on any atom is -0.383 e. The van der Waals surface area contributed by atoms with Crippen LogP contribution in [0.2, 0.25) is 0 Å². The lowest BCUT2D eigenvalue weighted by molar-refractivity contribution is 0.199. The zero-order chi connectivity index (χ0) is 14.2. The molecular weight excluding hydrogens is 274 g/mol. The van der Waals surface area contributed by atoms with Gasteiger partial charge in [0.05, 0.1) is 6.61 Å². The zero-order valence-corrected chi connectivity index (χ0v) is 12.4. The standard InChI is InChI=1S/C13H17N5OS/c1-10-5-15-12(16-6-10)20-13-17-8-11(9-18-13)7-14-3-4-19-2/h5-6,8-9,14H,3-4,7H2,1-2H3. The summed E-state index contributed by atoms with van der Waals surface area (Å²) in [7, 11) is 1.68. The van der Waals surface area contributed by atoms with Crippen LogP contribution >= 0.6 is 11.8 Å². The molecule has 2 rings (SSSR count). The van der Waals surface area contributed by atoms with Crippen molar-refractivity contribution in [3.63, 3.8) is 0 Å². The number of aryl methyl sites for hydroxylation is 1. The highest BCUT2D eigenvalue weighted by Crippen LogP contribution is 2.19. The molecule has 0 radical (unpaired) electrons. The Morgan fingerprint density at radius 1 is 1.05 bits per heavy atom. The Morgan fingerprint density at radius 2 is 1.65 bits per heavy atom. The molecule has 106 valence electrons. The van der Waals surface area contributed by atoms with Crippen molar-refractivity contribution >= 4 is 11.8 Å². The lowest BCUT2D eigenvalue weighted by atomic mass is 10.3. The predicted octanol–water partition coefficient (Wildman–Crippen LogP) is 1.46. The van der Waals surface area contributed by atoms with Crippen molar-refractivity contribution in [3.05, 3.63) is 35.9 Å². The van der Waals surface area contributed by atoms with E-state index in [4.69, 9.17) is 4.74 Å². The van der Waals surface area contributed by atoms with Gasteiger partial charge in [0, 0.05) is 50.6 Å². The van der Waals surface area contributed by atoms with Crippen LogP contribution in [0.5, 0.6) is 0 Å². The van der Waals surface area contributed by atoms with E-state index in [9.17, 15) is 0 Å². The van der Waals surface area contributed by atoms with Gasteiger partial charge in [0.25, 0.3) is 0 Å². The van der Waals surface area contributed by atoms with Crippen molar-refractivity contribution in [1.29, 1.82) is 0 Å². The summed E-state index contributed by atoms with van der Waals surface area (Å²) in [6.45, 7) is 4.19. The van der Waals surface area contributed by atoms with Crippen molar-refractivity contribution < 1.29 is 4.74 Å². The predicted molar refractivity (Wildman–Crippen MR) is 76.5 cm³/mol. The van der Waals surface area contributed by atoms with Gasteiger partial charge in [0.1, 0.15) is 0 Å². The van der Waals surface area contributed by atoms with Gasteiger partial charge in [0.15, 0.2) is 10.3 Å². The fourth-order valence-corrected chi connectivity index (χ4v) is 1.99. The van der Waals surface area contributed by atoms with Crippen LogP contribution in [-0.4, -0.2) is 40.2 Å². The van der Waals surface area contributed by atoms with Gasteiger partial charge in [-0.2, -0.15) is 0 Å². The molecule has 0 aliphatic heterocycles. The largest absolute Gasteiger partial charge is 0.383 e. The average molecular weight is 291 g/mol. The first-order chi connectivity index (χ1) is 9.78. The third kappa shape index (κ3) is 4.84. The van der Waals surface area contributed by atoms with Crippen LogP contribution in [0.3, 0.4) is 0 Å². The van der Waals surface area contributed by atoms with Crippen LogP contribution < -0.4 is 5.32 Å². The van der Waals surface area contributed by atoms with E-state index in [-0.39, 0.29) is 0 Å². The highest BCUT2D eigenvalue weighted by atomic mass is 32.2. The van der Waals surface area contributed by atoms with Crippen LogP contribution in [0, 0.1) is 6.92 Å². The summed E-state index contributed by atoms with van der Waals surface area (Å²) in [5, 5.41) is 4.54. The Hall–Kier alpha value is -1.57. The Balaban J connectivity index is 1.86. The molecule has 0 saturated heterocycles. The zero-order valence-electron chi connectivity index (χ0n) is 11.5. The molecule has 2 heterocycles. The monoisotopic (exact) mass is 291 g/mol. The summed E-state index contributed by atoms with van der Waals surface area (Å²) < 4.78 is 4.96. The van der Waals surface area contributed by atoms with Gasteiger partial charge in [-0.15, -0.1) is 0 Å². The van der Waals surface area contributed by atoms with E-state index in [0.717, 1.165) is 24.2 Å². The molecule has 0 amide bonds. The molecule has 7 heteroatoms. The molecule has 0 bridgehead atoms. The Bertz CT molecular complexity index is 517. The van der Waals surface area contributed by atoms with Gasteiger partial charge < -0.3 is 10.1 Å². The summed E-state index contributed by atoms with van der Waals surface area (Å²) in [4.78, 5) is 17.0. The van der Waals surface area contributed by atoms with Gasteiger partial charge >= 0.3 is 0 Å². The van der Waals surface area contributed by atoms with Crippen molar-refractivity contribution in [2.24, 2.45) is 0 Å². The number of methoxy groups -OCH3 is 1. The number of rotatable bonds is 7. The molecule has 0 fully saturated rings. The van der Waals surface area contributed by atoms with E-state index in [2.05, 4.69) is 25.3 Å². The smallest absolute Gasteiger partial charge is 0.195 e.